The number of nitrogens with zero attached hydrogens (tertiary/aromatic N) is 2. The van der Waals surface area contributed by atoms with Gasteiger partial charge in [-0.3, -0.25) is 4.79 Å². The number of amides is 1. The number of hydrogen-bond acceptors (Lipinski definition) is 6. The number of hydrogen-bond donors (Lipinski definition) is 0. The molecular formula is C21H24N2O4S. The molecule has 0 atom stereocenters. The Balaban J connectivity index is 1.65. The normalized spacial score (nSPS) is 10.9. The maximum Gasteiger partial charge on any atom is 0.289 e. The molecule has 0 unspecified atom stereocenters. The molecule has 1 amide bonds. The van der Waals surface area contributed by atoms with Crippen LogP contribution in [0.3, 0.4) is 0 Å². The van der Waals surface area contributed by atoms with E-state index in [0.717, 1.165) is 10.7 Å². The predicted octanol–water partition coefficient (Wildman–Crippen LogP) is 4.62. The SMILES string of the molecule is COc1ccccc1OCc1nc(CN(CC(C)C)C(=O)c2ccco2)cs1. The van der Waals surface area contributed by atoms with Crippen molar-refractivity contribution in [1.29, 1.82) is 0 Å². The molecule has 2 aromatic heterocycles. The topological polar surface area (TPSA) is 64.8 Å². The highest BCUT2D eigenvalue weighted by molar-refractivity contribution is 7.09. The zero-order valence-electron chi connectivity index (χ0n) is 16.3. The highest BCUT2D eigenvalue weighted by atomic mass is 32.1. The molecular weight excluding hydrogens is 376 g/mol. The first-order chi connectivity index (χ1) is 13.6. The van der Waals surface area contributed by atoms with Gasteiger partial charge in [-0.15, -0.1) is 11.3 Å². The van der Waals surface area contributed by atoms with Crippen molar-refractivity contribution in [3.63, 3.8) is 0 Å². The van der Waals surface area contributed by atoms with Gasteiger partial charge in [-0.2, -0.15) is 0 Å². The average Bonchev–Trinajstić information content (AvgIpc) is 3.37. The second-order valence-electron chi connectivity index (χ2n) is 6.73. The molecule has 0 aliphatic carbocycles. The van der Waals surface area contributed by atoms with E-state index in [9.17, 15) is 4.79 Å². The van der Waals surface area contributed by atoms with Gasteiger partial charge in [-0.05, 0) is 30.2 Å². The third-order valence-electron chi connectivity index (χ3n) is 3.98. The highest BCUT2D eigenvalue weighted by Crippen LogP contribution is 2.27. The van der Waals surface area contributed by atoms with Crippen molar-refractivity contribution < 1.29 is 18.7 Å². The number of carbonyl (C=O) groups excluding carboxylic acids is 1. The van der Waals surface area contributed by atoms with Crippen molar-refractivity contribution in [1.82, 2.24) is 9.88 Å². The number of methoxy groups -OCH3 is 1. The quantitative estimate of drug-likeness (QED) is 0.524. The van der Waals surface area contributed by atoms with Crippen LogP contribution in [0.1, 0.15) is 35.1 Å². The van der Waals surface area contributed by atoms with E-state index >= 15 is 0 Å². The minimum atomic E-state index is -0.126. The van der Waals surface area contributed by atoms with Crippen LogP contribution in [-0.2, 0) is 13.2 Å². The lowest BCUT2D eigenvalue weighted by Gasteiger charge is -2.22. The largest absolute Gasteiger partial charge is 0.493 e. The number of furan rings is 1. The Morgan fingerprint density at radius 3 is 2.68 bits per heavy atom. The fraction of sp³-hybridized carbons (Fsp3) is 0.333. The Hall–Kier alpha value is -2.80. The highest BCUT2D eigenvalue weighted by Gasteiger charge is 2.20. The van der Waals surface area contributed by atoms with Crippen LogP contribution in [0.15, 0.2) is 52.5 Å². The van der Waals surface area contributed by atoms with E-state index in [1.807, 2.05) is 29.6 Å². The maximum atomic E-state index is 12.7. The van der Waals surface area contributed by atoms with Gasteiger partial charge in [0.1, 0.15) is 11.6 Å². The summed E-state index contributed by atoms with van der Waals surface area (Å²) >= 11 is 1.51. The van der Waals surface area contributed by atoms with Crippen LogP contribution in [0.25, 0.3) is 0 Å². The molecule has 1 aromatic carbocycles. The van der Waals surface area contributed by atoms with E-state index in [0.29, 0.717) is 42.9 Å². The van der Waals surface area contributed by atoms with Crippen molar-refractivity contribution in [3.8, 4) is 11.5 Å². The van der Waals surface area contributed by atoms with E-state index in [-0.39, 0.29) is 5.91 Å². The standard InChI is InChI=1S/C21H24N2O4S/c1-15(2)11-23(21(24)19-9-6-10-26-19)12-16-14-28-20(22-16)13-27-18-8-5-4-7-17(18)25-3/h4-10,14-15H,11-13H2,1-3H3. The van der Waals surface area contributed by atoms with E-state index in [1.165, 1.54) is 17.6 Å². The first-order valence-electron chi connectivity index (χ1n) is 9.08. The van der Waals surface area contributed by atoms with Crippen LogP contribution in [0.4, 0.5) is 0 Å². The Labute approximate surface area is 168 Å². The first kappa shape index (κ1) is 19.9. The third-order valence-corrected chi connectivity index (χ3v) is 4.85. The molecule has 0 radical (unpaired) electrons. The van der Waals surface area contributed by atoms with E-state index in [1.54, 1.807) is 24.1 Å². The molecule has 0 fully saturated rings. The van der Waals surface area contributed by atoms with Gasteiger partial charge in [0.15, 0.2) is 17.3 Å². The maximum absolute atomic E-state index is 12.7. The molecule has 148 valence electrons. The van der Waals surface area contributed by atoms with Crippen molar-refractivity contribution in [2.75, 3.05) is 13.7 Å². The fourth-order valence-electron chi connectivity index (χ4n) is 2.78. The molecule has 0 saturated carbocycles. The summed E-state index contributed by atoms with van der Waals surface area (Å²) in [5.74, 6) is 1.92. The summed E-state index contributed by atoms with van der Waals surface area (Å²) in [7, 11) is 1.61. The number of rotatable bonds is 9. The lowest BCUT2D eigenvalue weighted by molar-refractivity contribution is 0.0688. The van der Waals surface area contributed by atoms with Crippen LogP contribution >= 0.6 is 11.3 Å². The van der Waals surface area contributed by atoms with Crippen LogP contribution in [0, 0.1) is 5.92 Å². The lowest BCUT2D eigenvalue weighted by Crippen LogP contribution is -2.33. The van der Waals surface area contributed by atoms with Crippen molar-refractivity contribution in [2.24, 2.45) is 5.92 Å². The number of para-hydroxylation sites is 2. The molecule has 0 aliphatic heterocycles. The molecule has 0 bridgehead atoms. The summed E-state index contributed by atoms with van der Waals surface area (Å²) in [6.07, 6.45) is 1.51. The van der Waals surface area contributed by atoms with Gasteiger partial charge in [0.05, 0.1) is 25.6 Å². The lowest BCUT2D eigenvalue weighted by atomic mass is 10.2. The first-order valence-corrected chi connectivity index (χ1v) is 9.96. The second-order valence-corrected chi connectivity index (χ2v) is 7.67. The minimum Gasteiger partial charge on any atom is -0.493 e. The van der Waals surface area contributed by atoms with Gasteiger partial charge in [0.2, 0.25) is 0 Å². The number of aromatic nitrogens is 1. The molecule has 0 spiro atoms. The van der Waals surface area contributed by atoms with Gasteiger partial charge in [0, 0.05) is 11.9 Å². The van der Waals surface area contributed by atoms with Gasteiger partial charge in [-0.25, -0.2) is 4.98 Å². The molecule has 6 nitrogen and oxygen atoms in total. The Kier molecular flexibility index (Phi) is 6.71. The molecule has 0 N–H and O–H groups in total. The number of ether oxygens (including phenoxy) is 2. The Morgan fingerprint density at radius 2 is 2.00 bits per heavy atom. The van der Waals surface area contributed by atoms with Gasteiger partial charge in [-0.1, -0.05) is 26.0 Å². The third kappa shape index (κ3) is 5.13. The van der Waals surface area contributed by atoms with Crippen molar-refractivity contribution in [2.45, 2.75) is 27.0 Å². The van der Waals surface area contributed by atoms with Crippen LogP contribution < -0.4 is 9.47 Å². The summed E-state index contributed by atoms with van der Waals surface area (Å²) in [4.78, 5) is 19.1. The number of carbonyl (C=O) groups is 1. The summed E-state index contributed by atoms with van der Waals surface area (Å²) in [5.41, 5.74) is 0.837. The predicted molar refractivity (Wildman–Crippen MR) is 108 cm³/mol. The Morgan fingerprint density at radius 1 is 1.21 bits per heavy atom. The number of benzene rings is 1. The van der Waals surface area contributed by atoms with Crippen molar-refractivity contribution >= 4 is 17.2 Å². The molecule has 3 rings (SSSR count). The number of thiazole rings is 1. The summed E-state index contributed by atoms with van der Waals surface area (Å²) < 4.78 is 16.4. The molecule has 3 aromatic rings. The molecule has 7 heteroatoms. The Bertz CT molecular complexity index is 889. The molecule has 28 heavy (non-hydrogen) atoms. The van der Waals surface area contributed by atoms with Gasteiger partial charge >= 0.3 is 0 Å². The minimum absolute atomic E-state index is 0.126. The smallest absolute Gasteiger partial charge is 0.289 e. The van der Waals surface area contributed by atoms with E-state index < -0.39 is 0 Å². The van der Waals surface area contributed by atoms with Gasteiger partial charge < -0.3 is 18.8 Å². The van der Waals surface area contributed by atoms with Gasteiger partial charge in [0.25, 0.3) is 5.91 Å². The average molecular weight is 401 g/mol. The monoisotopic (exact) mass is 400 g/mol. The second kappa shape index (κ2) is 9.41. The van der Waals surface area contributed by atoms with Crippen LogP contribution in [0.5, 0.6) is 11.5 Å². The zero-order valence-corrected chi connectivity index (χ0v) is 17.1. The summed E-state index contributed by atoms with van der Waals surface area (Å²) in [6, 6.07) is 10.9. The van der Waals surface area contributed by atoms with Crippen molar-refractivity contribution in [3.05, 3.63) is 64.5 Å². The fourth-order valence-corrected chi connectivity index (χ4v) is 3.47. The summed E-state index contributed by atoms with van der Waals surface area (Å²) in [6.45, 7) is 5.57. The van der Waals surface area contributed by atoms with E-state index in [4.69, 9.17) is 13.9 Å². The summed E-state index contributed by atoms with van der Waals surface area (Å²) in [5, 5.41) is 2.81. The molecule has 0 saturated heterocycles. The zero-order chi connectivity index (χ0) is 19.9. The molecule has 0 aliphatic rings. The van der Waals surface area contributed by atoms with Crippen LogP contribution in [-0.4, -0.2) is 29.4 Å². The molecule has 2 heterocycles. The van der Waals surface area contributed by atoms with E-state index in [2.05, 4.69) is 18.8 Å². The van der Waals surface area contributed by atoms with Crippen LogP contribution in [0.2, 0.25) is 0 Å².